The van der Waals surface area contributed by atoms with Gasteiger partial charge in [0.15, 0.2) is 0 Å². The van der Waals surface area contributed by atoms with Crippen LogP contribution in [-0.4, -0.2) is 30.7 Å². The molecule has 1 unspecified atom stereocenters. The summed E-state index contributed by atoms with van der Waals surface area (Å²) >= 11 is 0. The van der Waals surface area contributed by atoms with E-state index < -0.39 is 0 Å². The Balaban J connectivity index is 1.92. The molecule has 80 valence electrons. The molecule has 1 aliphatic rings. The van der Waals surface area contributed by atoms with E-state index in [1.165, 1.54) is 5.56 Å². The quantitative estimate of drug-likeness (QED) is 0.745. The molecule has 1 aromatic carbocycles. The molecule has 0 aliphatic carbocycles. The standard InChI is InChI=1S/C13H17NO/c1-2-14-8-9-15-13(11-14)10-12-6-4-3-5-7-12/h2-7,13H,1,8-11H2. The van der Waals surface area contributed by atoms with Crippen LogP contribution in [0.4, 0.5) is 0 Å². The summed E-state index contributed by atoms with van der Waals surface area (Å²) in [7, 11) is 0. The van der Waals surface area contributed by atoms with Gasteiger partial charge in [-0.3, -0.25) is 0 Å². The van der Waals surface area contributed by atoms with Gasteiger partial charge in [0, 0.05) is 19.5 Å². The number of hydrogen-bond acceptors (Lipinski definition) is 2. The van der Waals surface area contributed by atoms with Crippen molar-refractivity contribution in [3.8, 4) is 0 Å². The first-order valence-corrected chi connectivity index (χ1v) is 5.40. The zero-order chi connectivity index (χ0) is 10.5. The van der Waals surface area contributed by atoms with Crippen LogP contribution in [-0.2, 0) is 11.2 Å². The fraction of sp³-hybridized carbons (Fsp3) is 0.385. The van der Waals surface area contributed by atoms with Crippen molar-refractivity contribution in [3.05, 3.63) is 48.7 Å². The van der Waals surface area contributed by atoms with Gasteiger partial charge in [0.25, 0.3) is 0 Å². The second-order valence-electron chi connectivity index (χ2n) is 3.86. The normalized spacial score (nSPS) is 21.3. The number of ether oxygens (including phenoxy) is 1. The molecule has 15 heavy (non-hydrogen) atoms. The summed E-state index contributed by atoms with van der Waals surface area (Å²) in [5.41, 5.74) is 1.34. The third-order valence-corrected chi connectivity index (χ3v) is 2.73. The van der Waals surface area contributed by atoms with E-state index in [4.69, 9.17) is 4.74 Å². The zero-order valence-electron chi connectivity index (χ0n) is 8.93. The second kappa shape index (κ2) is 4.99. The molecule has 1 aliphatic heterocycles. The van der Waals surface area contributed by atoms with Crippen molar-refractivity contribution in [1.29, 1.82) is 0 Å². The average Bonchev–Trinajstić information content (AvgIpc) is 2.31. The number of rotatable bonds is 3. The highest BCUT2D eigenvalue weighted by Gasteiger charge is 2.17. The third kappa shape index (κ3) is 2.83. The molecule has 2 nitrogen and oxygen atoms in total. The van der Waals surface area contributed by atoms with Gasteiger partial charge in [0.05, 0.1) is 12.7 Å². The molecular formula is C13H17NO. The predicted octanol–water partition coefficient (Wildman–Crippen LogP) is 2.07. The van der Waals surface area contributed by atoms with E-state index in [1.54, 1.807) is 0 Å². The second-order valence-corrected chi connectivity index (χ2v) is 3.86. The van der Waals surface area contributed by atoms with Crippen LogP contribution in [0.25, 0.3) is 0 Å². The Morgan fingerprint density at radius 2 is 2.20 bits per heavy atom. The minimum absolute atomic E-state index is 0.305. The molecule has 2 rings (SSSR count). The molecule has 0 spiro atoms. The molecule has 1 atom stereocenters. The highest BCUT2D eigenvalue weighted by Crippen LogP contribution is 2.11. The van der Waals surface area contributed by atoms with E-state index >= 15 is 0 Å². The Labute approximate surface area is 91.2 Å². The van der Waals surface area contributed by atoms with Crippen molar-refractivity contribution in [2.75, 3.05) is 19.7 Å². The van der Waals surface area contributed by atoms with E-state index in [-0.39, 0.29) is 0 Å². The maximum absolute atomic E-state index is 5.72. The van der Waals surface area contributed by atoms with Crippen LogP contribution in [0.3, 0.4) is 0 Å². The number of hydrogen-bond donors (Lipinski definition) is 0. The summed E-state index contributed by atoms with van der Waals surface area (Å²) in [6.45, 7) is 6.53. The number of nitrogens with zero attached hydrogens (tertiary/aromatic N) is 1. The predicted molar refractivity (Wildman–Crippen MR) is 61.7 cm³/mol. The molecule has 1 heterocycles. The largest absolute Gasteiger partial charge is 0.374 e. The highest BCUT2D eigenvalue weighted by atomic mass is 16.5. The van der Waals surface area contributed by atoms with E-state index in [2.05, 4.69) is 35.7 Å². The summed E-state index contributed by atoms with van der Waals surface area (Å²) in [6.07, 6.45) is 3.20. The lowest BCUT2D eigenvalue weighted by Crippen LogP contribution is -2.40. The van der Waals surface area contributed by atoms with Gasteiger partial charge in [-0.2, -0.15) is 0 Å². The first-order valence-electron chi connectivity index (χ1n) is 5.40. The van der Waals surface area contributed by atoms with Gasteiger partial charge in [0.2, 0.25) is 0 Å². The van der Waals surface area contributed by atoms with Gasteiger partial charge >= 0.3 is 0 Å². The molecule has 1 fully saturated rings. The molecule has 0 N–H and O–H groups in total. The maximum Gasteiger partial charge on any atom is 0.0790 e. The average molecular weight is 203 g/mol. The van der Waals surface area contributed by atoms with E-state index in [1.807, 2.05) is 12.3 Å². The van der Waals surface area contributed by atoms with Crippen LogP contribution >= 0.6 is 0 Å². The topological polar surface area (TPSA) is 12.5 Å². The van der Waals surface area contributed by atoms with Gasteiger partial charge in [-0.1, -0.05) is 36.9 Å². The van der Waals surface area contributed by atoms with Crippen molar-refractivity contribution < 1.29 is 4.74 Å². The number of benzene rings is 1. The van der Waals surface area contributed by atoms with Crippen molar-refractivity contribution in [1.82, 2.24) is 4.90 Å². The van der Waals surface area contributed by atoms with Crippen LogP contribution in [0.5, 0.6) is 0 Å². The van der Waals surface area contributed by atoms with Gasteiger partial charge in [0.1, 0.15) is 0 Å². The van der Waals surface area contributed by atoms with Gasteiger partial charge in [-0.25, -0.2) is 0 Å². The minimum Gasteiger partial charge on any atom is -0.374 e. The summed E-state index contributed by atoms with van der Waals surface area (Å²) < 4.78 is 5.72. The SMILES string of the molecule is C=CN1CCOC(Cc2ccccc2)C1. The molecule has 0 radical (unpaired) electrons. The van der Waals surface area contributed by atoms with Gasteiger partial charge in [-0.15, -0.1) is 0 Å². The van der Waals surface area contributed by atoms with Crippen molar-refractivity contribution >= 4 is 0 Å². The monoisotopic (exact) mass is 203 g/mol. The van der Waals surface area contributed by atoms with Gasteiger partial charge in [-0.05, 0) is 11.8 Å². The van der Waals surface area contributed by atoms with Crippen LogP contribution in [0.2, 0.25) is 0 Å². The lowest BCUT2D eigenvalue weighted by molar-refractivity contribution is -0.0114. The summed E-state index contributed by atoms with van der Waals surface area (Å²) in [4.78, 5) is 2.22. The van der Waals surface area contributed by atoms with Crippen molar-refractivity contribution in [3.63, 3.8) is 0 Å². The van der Waals surface area contributed by atoms with Crippen LogP contribution in [0.1, 0.15) is 5.56 Å². The van der Waals surface area contributed by atoms with Crippen molar-refractivity contribution in [2.45, 2.75) is 12.5 Å². The molecule has 0 saturated carbocycles. The summed E-state index contributed by atoms with van der Waals surface area (Å²) in [5, 5.41) is 0. The minimum atomic E-state index is 0.305. The lowest BCUT2D eigenvalue weighted by atomic mass is 10.1. The number of morpholine rings is 1. The molecule has 0 aromatic heterocycles. The summed E-state index contributed by atoms with van der Waals surface area (Å²) in [6, 6.07) is 10.5. The molecule has 0 amide bonds. The Bertz CT molecular complexity index is 310. The molecule has 2 heteroatoms. The van der Waals surface area contributed by atoms with E-state index in [0.29, 0.717) is 6.10 Å². The lowest BCUT2D eigenvalue weighted by Gasteiger charge is -2.31. The van der Waals surface area contributed by atoms with Crippen LogP contribution in [0, 0.1) is 0 Å². The fourth-order valence-electron chi connectivity index (χ4n) is 1.91. The fourth-order valence-corrected chi connectivity index (χ4v) is 1.91. The van der Waals surface area contributed by atoms with E-state index in [9.17, 15) is 0 Å². The Hall–Kier alpha value is -1.28. The maximum atomic E-state index is 5.72. The Kier molecular flexibility index (Phi) is 3.41. The Morgan fingerprint density at radius 1 is 1.40 bits per heavy atom. The highest BCUT2D eigenvalue weighted by molar-refractivity contribution is 5.15. The molecule has 0 bridgehead atoms. The van der Waals surface area contributed by atoms with Crippen molar-refractivity contribution in [2.24, 2.45) is 0 Å². The third-order valence-electron chi connectivity index (χ3n) is 2.73. The smallest absolute Gasteiger partial charge is 0.0790 e. The van der Waals surface area contributed by atoms with Gasteiger partial charge < -0.3 is 9.64 Å². The molecular weight excluding hydrogens is 186 g/mol. The van der Waals surface area contributed by atoms with Crippen LogP contribution in [0.15, 0.2) is 43.1 Å². The first-order chi connectivity index (χ1) is 7.38. The molecule has 1 saturated heterocycles. The summed E-state index contributed by atoms with van der Waals surface area (Å²) in [5.74, 6) is 0. The van der Waals surface area contributed by atoms with E-state index in [0.717, 1.165) is 26.1 Å². The zero-order valence-corrected chi connectivity index (χ0v) is 8.93. The molecule has 1 aromatic rings. The first kappa shape index (κ1) is 10.2. The van der Waals surface area contributed by atoms with Crippen LogP contribution < -0.4 is 0 Å². The Morgan fingerprint density at radius 3 is 2.93 bits per heavy atom.